The first-order chi connectivity index (χ1) is 9.86. The molecule has 0 fully saturated rings. The summed E-state index contributed by atoms with van der Waals surface area (Å²) in [7, 11) is 0. The average molecular weight is 294 g/mol. The highest BCUT2D eigenvalue weighted by Gasteiger charge is 2.35. The molecule has 7 heteroatoms. The Morgan fingerprint density at radius 1 is 1.19 bits per heavy atom. The topological polar surface area (TPSA) is 58.9 Å². The van der Waals surface area contributed by atoms with Gasteiger partial charge in [0, 0.05) is 5.56 Å². The van der Waals surface area contributed by atoms with E-state index in [1.807, 2.05) is 12.1 Å². The highest BCUT2D eigenvalue weighted by atomic mass is 19.4. The second-order valence-corrected chi connectivity index (χ2v) is 4.63. The lowest BCUT2D eigenvalue weighted by atomic mass is 10.1. The molecule has 0 unspecified atom stereocenters. The van der Waals surface area contributed by atoms with Gasteiger partial charge in [0.2, 0.25) is 0 Å². The number of rotatable bonds is 1. The second kappa shape index (κ2) is 4.47. The molecule has 4 nitrogen and oxygen atoms in total. The zero-order valence-corrected chi connectivity index (χ0v) is 10.8. The van der Waals surface area contributed by atoms with Crippen molar-refractivity contribution in [1.29, 1.82) is 0 Å². The Labute approximate surface area is 116 Å². The van der Waals surface area contributed by atoms with E-state index in [1.165, 1.54) is 0 Å². The van der Waals surface area contributed by atoms with Crippen LogP contribution in [-0.4, -0.2) is 10.1 Å². The average Bonchev–Trinajstić information content (AvgIpc) is 2.79. The number of nitrogens with zero attached hydrogens (tertiary/aromatic N) is 1. The van der Waals surface area contributed by atoms with Crippen LogP contribution in [0.25, 0.3) is 22.4 Å². The van der Waals surface area contributed by atoms with E-state index < -0.39 is 22.7 Å². The highest BCUT2D eigenvalue weighted by Crippen LogP contribution is 2.35. The number of nitrogens with one attached hydrogen (secondary N) is 1. The van der Waals surface area contributed by atoms with E-state index in [1.54, 1.807) is 24.3 Å². The minimum atomic E-state index is -4.67. The van der Waals surface area contributed by atoms with Crippen LogP contribution in [0.3, 0.4) is 0 Å². The Morgan fingerprint density at radius 3 is 2.48 bits per heavy atom. The molecule has 0 bridgehead atoms. The first kappa shape index (κ1) is 13.4. The van der Waals surface area contributed by atoms with Crippen LogP contribution in [0.5, 0.6) is 0 Å². The molecule has 0 aliphatic carbocycles. The Hall–Kier alpha value is -2.57. The molecule has 0 saturated carbocycles. The molecule has 0 spiro atoms. The first-order valence-electron chi connectivity index (χ1n) is 6.03. The Balaban J connectivity index is 2.31. The molecule has 0 aliphatic heterocycles. The van der Waals surface area contributed by atoms with Gasteiger partial charge in [0.05, 0.1) is 11.3 Å². The number of alkyl halides is 3. The van der Waals surface area contributed by atoms with Gasteiger partial charge in [0.1, 0.15) is 5.39 Å². The summed E-state index contributed by atoms with van der Waals surface area (Å²) < 4.78 is 44.1. The van der Waals surface area contributed by atoms with Crippen molar-refractivity contribution in [2.75, 3.05) is 0 Å². The van der Waals surface area contributed by atoms with Gasteiger partial charge in [-0.1, -0.05) is 29.8 Å². The number of aromatic nitrogens is 2. The van der Waals surface area contributed by atoms with Crippen LogP contribution >= 0.6 is 0 Å². The number of hydrogen-bond donors (Lipinski definition) is 1. The third-order valence-electron chi connectivity index (χ3n) is 3.11. The van der Waals surface area contributed by atoms with Crippen LogP contribution < -0.4 is 5.56 Å². The Kier molecular flexibility index (Phi) is 2.86. The molecule has 108 valence electrons. The van der Waals surface area contributed by atoms with Crippen LogP contribution in [0.15, 0.2) is 39.6 Å². The quantitative estimate of drug-likeness (QED) is 0.747. The van der Waals surface area contributed by atoms with Crippen LogP contribution in [-0.2, 0) is 6.18 Å². The van der Waals surface area contributed by atoms with Crippen molar-refractivity contribution in [3.8, 4) is 11.3 Å². The van der Waals surface area contributed by atoms with E-state index in [0.29, 0.717) is 5.56 Å². The summed E-state index contributed by atoms with van der Waals surface area (Å²) in [5.74, 6) is 0. The number of halogens is 3. The number of fused-ring (bicyclic) bond motifs is 1. The maximum atomic E-state index is 13.1. The van der Waals surface area contributed by atoms with Gasteiger partial charge in [0.15, 0.2) is 0 Å². The van der Waals surface area contributed by atoms with Gasteiger partial charge in [0.25, 0.3) is 11.3 Å². The fraction of sp³-hybridized carbons (Fsp3) is 0.143. The molecule has 21 heavy (non-hydrogen) atoms. The largest absolute Gasteiger partial charge is 0.417 e. The fourth-order valence-electron chi connectivity index (χ4n) is 2.06. The van der Waals surface area contributed by atoms with Crippen LogP contribution in [0, 0.1) is 6.92 Å². The van der Waals surface area contributed by atoms with Gasteiger partial charge < -0.3 is 4.52 Å². The van der Waals surface area contributed by atoms with E-state index >= 15 is 0 Å². The molecular weight excluding hydrogens is 285 g/mol. The summed E-state index contributed by atoms with van der Waals surface area (Å²) in [4.78, 5) is 15.4. The van der Waals surface area contributed by atoms with Crippen molar-refractivity contribution >= 4 is 11.1 Å². The van der Waals surface area contributed by atoms with E-state index in [2.05, 4.69) is 4.98 Å². The van der Waals surface area contributed by atoms with Gasteiger partial charge in [-0.3, -0.25) is 4.79 Å². The molecule has 0 atom stereocenters. The van der Waals surface area contributed by atoms with Gasteiger partial charge in [-0.15, -0.1) is 0 Å². The summed E-state index contributed by atoms with van der Waals surface area (Å²) in [6.45, 7) is 1.87. The number of benzene rings is 1. The number of pyridine rings is 1. The van der Waals surface area contributed by atoms with Crippen molar-refractivity contribution in [2.45, 2.75) is 13.1 Å². The standard InChI is InChI=1S/C14H9F3N2O2/c1-7-2-4-8(5-3-7)10-6-9(14(15,16)17)11-12(20)19-21-13(11)18-10/h2-6H,1H3,(H,19,20). The summed E-state index contributed by atoms with van der Waals surface area (Å²) in [5.41, 5.74) is -0.776. The molecular formula is C14H9F3N2O2. The maximum Gasteiger partial charge on any atom is 0.417 e. The predicted octanol–water partition coefficient (Wildman–Crippen LogP) is 3.51. The van der Waals surface area contributed by atoms with Crippen molar-refractivity contribution in [3.05, 3.63) is 51.8 Å². The molecule has 1 aromatic carbocycles. The first-order valence-corrected chi connectivity index (χ1v) is 6.03. The molecule has 1 N–H and O–H groups in total. The molecule has 0 aliphatic rings. The zero-order chi connectivity index (χ0) is 15.2. The Morgan fingerprint density at radius 2 is 1.86 bits per heavy atom. The number of hydrogen-bond acceptors (Lipinski definition) is 3. The number of aryl methyl sites for hydroxylation is 1. The van der Waals surface area contributed by atoms with Gasteiger partial charge in [-0.2, -0.15) is 18.3 Å². The fourth-order valence-corrected chi connectivity index (χ4v) is 2.06. The van der Waals surface area contributed by atoms with Gasteiger partial charge in [-0.05, 0) is 13.0 Å². The molecule has 2 aromatic heterocycles. The maximum absolute atomic E-state index is 13.1. The van der Waals surface area contributed by atoms with Gasteiger partial charge >= 0.3 is 6.18 Å². The van der Waals surface area contributed by atoms with Crippen molar-refractivity contribution in [1.82, 2.24) is 10.1 Å². The third-order valence-corrected chi connectivity index (χ3v) is 3.11. The normalized spacial score (nSPS) is 12.0. The highest BCUT2D eigenvalue weighted by molar-refractivity contribution is 5.80. The second-order valence-electron chi connectivity index (χ2n) is 4.63. The molecule has 0 radical (unpaired) electrons. The van der Waals surface area contributed by atoms with E-state index in [0.717, 1.165) is 11.6 Å². The van der Waals surface area contributed by atoms with Crippen LogP contribution in [0.1, 0.15) is 11.1 Å². The molecule has 3 rings (SSSR count). The zero-order valence-electron chi connectivity index (χ0n) is 10.8. The monoisotopic (exact) mass is 294 g/mol. The number of H-pyrrole nitrogens is 1. The smallest absolute Gasteiger partial charge is 0.358 e. The summed E-state index contributed by atoms with van der Waals surface area (Å²) in [5, 5.41) is 1.30. The van der Waals surface area contributed by atoms with Crippen LogP contribution in [0.2, 0.25) is 0 Å². The van der Waals surface area contributed by atoms with Crippen molar-refractivity contribution in [3.63, 3.8) is 0 Å². The summed E-state index contributed by atoms with van der Waals surface area (Å²) in [6, 6.07) is 7.71. The molecule has 2 heterocycles. The lowest BCUT2D eigenvalue weighted by molar-refractivity contribution is -0.136. The van der Waals surface area contributed by atoms with Crippen LogP contribution in [0.4, 0.5) is 13.2 Å². The lowest BCUT2D eigenvalue weighted by Gasteiger charge is -2.09. The summed E-state index contributed by atoms with van der Waals surface area (Å²) in [6.07, 6.45) is -4.67. The SMILES string of the molecule is Cc1ccc(-c2cc(C(F)(F)F)c3c(=O)[nH]oc3n2)cc1. The summed E-state index contributed by atoms with van der Waals surface area (Å²) >= 11 is 0. The molecule has 3 aromatic rings. The molecule has 0 amide bonds. The minimum absolute atomic E-state index is 0.0950. The van der Waals surface area contributed by atoms with Crippen molar-refractivity contribution < 1.29 is 17.7 Å². The molecule has 0 saturated heterocycles. The van der Waals surface area contributed by atoms with E-state index in [4.69, 9.17) is 4.52 Å². The van der Waals surface area contributed by atoms with E-state index in [9.17, 15) is 18.0 Å². The van der Waals surface area contributed by atoms with Gasteiger partial charge in [-0.25, -0.2) is 4.98 Å². The predicted molar refractivity (Wildman–Crippen MR) is 69.8 cm³/mol. The lowest BCUT2D eigenvalue weighted by Crippen LogP contribution is -2.11. The minimum Gasteiger partial charge on any atom is -0.358 e. The van der Waals surface area contributed by atoms with E-state index in [-0.39, 0.29) is 11.4 Å². The number of aromatic amines is 1. The van der Waals surface area contributed by atoms with Crippen molar-refractivity contribution in [2.24, 2.45) is 0 Å². The third kappa shape index (κ3) is 2.31. The Bertz CT molecular complexity index is 861.